The maximum absolute atomic E-state index is 9.80. The molecule has 1 heterocycles. The molecule has 1 aliphatic rings. The summed E-state index contributed by atoms with van der Waals surface area (Å²) in [6.45, 7) is 5.40. The van der Waals surface area contributed by atoms with Crippen molar-refractivity contribution in [3.63, 3.8) is 0 Å². The van der Waals surface area contributed by atoms with Crippen LogP contribution in [0.25, 0.3) is 0 Å². The lowest BCUT2D eigenvalue weighted by molar-refractivity contribution is -0.00191. The molecule has 1 fully saturated rings. The Morgan fingerprint density at radius 3 is 2.50 bits per heavy atom. The maximum atomic E-state index is 9.80. The molecule has 0 amide bonds. The molecule has 0 saturated carbocycles. The molecule has 1 aromatic rings. The van der Waals surface area contributed by atoms with E-state index in [-0.39, 0.29) is 6.23 Å². The van der Waals surface area contributed by atoms with Crippen molar-refractivity contribution in [1.82, 2.24) is 4.90 Å². The first-order valence-corrected chi connectivity index (χ1v) is 7.00. The fourth-order valence-electron chi connectivity index (χ4n) is 2.26. The molecule has 1 saturated heterocycles. The number of nitrogens with zero attached hydrogens (tertiary/aromatic N) is 2. The van der Waals surface area contributed by atoms with Crippen LogP contribution in [0.3, 0.4) is 0 Å². The van der Waals surface area contributed by atoms with Crippen molar-refractivity contribution in [1.29, 1.82) is 0 Å². The van der Waals surface area contributed by atoms with E-state index >= 15 is 0 Å². The van der Waals surface area contributed by atoms with Crippen LogP contribution >= 0.6 is 23.2 Å². The smallest absolute Gasteiger partial charge is 0.107 e. The van der Waals surface area contributed by atoms with Crippen LogP contribution in [-0.4, -0.2) is 42.4 Å². The molecule has 5 heteroatoms. The number of halogens is 2. The van der Waals surface area contributed by atoms with Gasteiger partial charge in [-0.2, -0.15) is 0 Å². The fraction of sp³-hybridized carbons (Fsp3) is 0.538. The Bertz CT molecular complexity index is 406. The predicted molar refractivity (Wildman–Crippen MR) is 76.5 cm³/mol. The third-order valence-corrected chi connectivity index (χ3v) is 4.18. The van der Waals surface area contributed by atoms with E-state index in [1.807, 2.05) is 19.1 Å². The van der Waals surface area contributed by atoms with Crippen LogP contribution in [0.15, 0.2) is 18.2 Å². The normalized spacial score (nSPS) is 19.0. The van der Waals surface area contributed by atoms with Gasteiger partial charge in [-0.3, -0.25) is 4.90 Å². The third kappa shape index (κ3) is 2.91. The van der Waals surface area contributed by atoms with Crippen LogP contribution in [0.1, 0.15) is 13.3 Å². The highest BCUT2D eigenvalue weighted by atomic mass is 35.5. The van der Waals surface area contributed by atoms with E-state index in [9.17, 15) is 5.11 Å². The topological polar surface area (TPSA) is 26.7 Å². The van der Waals surface area contributed by atoms with E-state index in [1.165, 1.54) is 0 Å². The van der Waals surface area contributed by atoms with E-state index in [4.69, 9.17) is 23.2 Å². The van der Waals surface area contributed by atoms with Gasteiger partial charge >= 0.3 is 0 Å². The molecule has 3 nitrogen and oxygen atoms in total. The minimum atomic E-state index is -0.331. The number of piperazine rings is 1. The molecule has 100 valence electrons. The molecular weight excluding hydrogens is 271 g/mol. The first-order chi connectivity index (χ1) is 8.63. The first-order valence-electron chi connectivity index (χ1n) is 6.24. The molecule has 1 atom stereocenters. The summed E-state index contributed by atoms with van der Waals surface area (Å²) in [5.74, 6) is 0. The highest BCUT2D eigenvalue weighted by molar-refractivity contribution is 6.43. The van der Waals surface area contributed by atoms with Gasteiger partial charge in [0.25, 0.3) is 0 Å². The zero-order valence-corrected chi connectivity index (χ0v) is 12.0. The molecule has 1 aliphatic heterocycles. The van der Waals surface area contributed by atoms with Crippen molar-refractivity contribution in [2.75, 3.05) is 31.1 Å². The summed E-state index contributed by atoms with van der Waals surface area (Å²) in [5, 5.41) is 11.0. The van der Waals surface area contributed by atoms with Gasteiger partial charge in [0.2, 0.25) is 0 Å². The standard InChI is InChI=1S/C13H18Cl2N2O/c1-2-12(18)17-8-6-16(7-9-17)11-5-3-4-10(14)13(11)15/h3-5,12,18H,2,6-9H2,1H3. The zero-order chi connectivity index (χ0) is 13.1. The molecule has 18 heavy (non-hydrogen) atoms. The van der Waals surface area contributed by atoms with Crippen LogP contribution < -0.4 is 4.90 Å². The summed E-state index contributed by atoms with van der Waals surface area (Å²) in [4.78, 5) is 4.31. The summed E-state index contributed by atoms with van der Waals surface area (Å²) < 4.78 is 0. The minimum absolute atomic E-state index is 0.331. The van der Waals surface area contributed by atoms with E-state index in [1.54, 1.807) is 6.07 Å². The van der Waals surface area contributed by atoms with Gasteiger partial charge in [-0.15, -0.1) is 0 Å². The maximum Gasteiger partial charge on any atom is 0.107 e. The quantitative estimate of drug-likeness (QED) is 0.927. The molecule has 1 aromatic carbocycles. The molecule has 0 radical (unpaired) electrons. The second kappa shape index (κ2) is 6.11. The van der Waals surface area contributed by atoms with E-state index in [0.29, 0.717) is 10.0 Å². The zero-order valence-electron chi connectivity index (χ0n) is 10.4. The van der Waals surface area contributed by atoms with Crippen molar-refractivity contribution in [3.05, 3.63) is 28.2 Å². The van der Waals surface area contributed by atoms with Crippen LogP contribution in [0.5, 0.6) is 0 Å². The Kier molecular flexibility index (Phi) is 4.73. The van der Waals surface area contributed by atoms with E-state index < -0.39 is 0 Å². The Hall–Kier alpha value is -0.480. The molecule has 2 rings (SSSR count). The number of hydrogen-bond donors (Lipinski definition) is 1. The number of rotatable bonds is 3. The average Bonchev–Trinajstić information content (AvgIpc) is 2.41. The summed E-state index contributed by atoms with van der Waals surface area (Å²) in [7, 11) is 0. The predicted octanol–water partition coefficient (Wildman–Crippen LogP) is 2.84. The highest BCUT2D eigenvalue weighted by Crippen LogP contribution is 2.32. The number of aliphatic hydroxyl groups is 1. The van der Waals surface area contributed by atoms with Crippen molar-refractivity contribution in [2.24, 2.45) is 0 Å². The van der Waals surface area contributed by atoms with Gasteiger partial charge in [0.1, 0.15) is 6.23 Å². The molecular formula is C13H18Cl2N2O. The number of hydrogen-bond acceptors (Lipinski definition) is 3. The molecule has 1 N–H and O–H groups in total. The van der Waals surface area contributed by atoms with Gasteiger partial charge in [-0.1, -0.05) is 36.2 Å². The molecule has 0 aromatic heterocycles. The monoisotopic (exact) mass is 288 g/mol. The van der Waals surface area contributed by atoms with Crippen LogP contribution in [0, 0.1) is 0 Å². The van der Waals surface area contributed by atoms with Crippen LogP contribution in [-0.2, 0) is 0 Å². The largest absolute Gasteiger partial charge is 0.378 e. The summed E-state index contributed by atoms with van der Waals surface area (Å²) in [6, 6.07) is 5.70. The summed E-state index contributed by atoms with van der Waals surface area (Å²) in [6.07, 6.45) is 0.430. The first kappa shape index (κ1) is 13.9. The van der Waals surface area contributed by atoms with Crippen LogP contribution in [0.4, 0.5) is 5.69 Å². The average molecular weight is 289 g/mol. The SMILES string of the molecule is CCC(O)N1CCN(c2cccc(Cl)c2Cl)CC1. The van der Waals surface area contributed by atoms with Crippen molar-refractivity contribution in [3.8, 4) is 0 Å². The van der Waals surface area contributed by atoms with Crippen molar-refractivity contribution >= 4 is 28.9 Å². The molecule has 1 unspecified atom stereocenters. The van der Waals surface area contributed by atoms with Gasteiger partial charge in [0.15, 0.2) is 0 Å². The summed E-state index contributed by atoms with van der Waals surface area (Å²) in [5.41, 5.74) is 0.981. The van der Waals surface area contributed by atoms with E-state index in [0.717, 1.165) is 38.3 Å². The van der Waals surface area contributed by atoms with Gasteiger partial charge in [0, 0.05) is 26.2 Å². The van der Waals surface area contributed by atoms with Crippen molar-refractivity contribution in [2.45, 2.75) is 19.6 Å². The van der Waals surface area contributed by atoms with E-state index in [2.05, 4.69) is 9.80 Å². The second-order valence-electron chi connectivity index (χ2n) is 4.48. The minimum Gasteiger partial charge on any atom is -0.378 e. The third-order valence-electron chi connectivity index (χ3n) is 3.37. The Balaban J connectivity index is 2.03. The number of benzene rings is 1. The van der Waals surface area contributed by atoms with Gasteiger partial charge < -0.3 is 10.0 Å². The Morgan fingerprint density at radius 1 is 1.22 bits per heavy atom. The highest BCUT2D eigenvalue weighted by Gasteiger charge is 2.22. The van der Waals surface area contributed by atoms with Crippen molar-refractivity contribution < 1.29 is 5.11 Å². The molecule has 0 aliphatic carbocycles. The second-order valence-corrected chi connectivity index (χ2v) is 5.27. The van der Waals surface area contributed by atoms with Crippen LogP contribution in [0.2, 0.25) is 10.0 Å². The molecule has 0 bridgehead atoms. The fourth-order valence-corrected chi connectivity index (χ4v) is 2.67. The van der Waals surface area contributed by atoms with Gasteiger partial charge in [0.05, 0.1) is 15.7 Å². The van der Waals surface area contributed by atoms with Gasteiger partial charge in [-0.05, 0) is 18.6 Å². The Morgan fingerprint density at radius 2 is 1.89 bits per heavy atom. The Labute approximate surface area is 118 Å². The summed E-state index contributed by atoms with van der Waals surface area (Å²) >= 11 is 12.2. The van der Waals surface area contributed by atoms with Gasteiger partial charge in [-0.25, -0.2) is 0 Å². The lowest BCUT2D eigenvalue weighted by Gasteiger charge is -2.38. The lowest BCUT2D eigenvalue weighted by atomic mass is 10.2. The number of aliphatic hydroxyl groups excluding tert-OH is 1. The molecule has 0 spiro atoms. The lowest BCUT2D eigenvalue weighted by Crippen LogP contribution is -2.50. The number of anilines is 1.